The molecule has 2 amide bonds. The Kier molecular flexibility index (Phi) is 11.0. The number of hydrogen-bond acceptors (Lipinski definition) is 4. The summed E-state index contributed by atoms with van der Waals surface area (Å²) in [6, 6.07) is 20.2. The summed E-state index contributed by atoms with van der Waals surface area (Å²) in [7, 11) is -3.84. The first-order chi connectivity index (χ1) is 18.9. The van der Waals surface area contributed by atoms with Crippen LogP contribution in [0, 0.1) is 6.92 Å². The predicted molar refractivity (Wildman–Crippen MR) is 162 cm³/mol. The van der Waals surface area contributed by atoms with Gasteiger partial charge in [0.25, 0.3) is 0 Å². The zero-order chi connectivity index (χ0) is 29.4. The van der Waals surface area contributed by atoms with E-state index >= 15 is 0 Å². The number of anilines is 1. The molecule has 0 heterocycles. The van der Waals surface area contributed by atoms with Crippen LogP contribution in [0.5, 0.6) is 0 Å². The van der Waals surface area contributed by atoms with Crippen LogP contribution in [0.4, 0.5) is 5.69 Å². The number of carbonyl (C=O) groups excluding carboxylic acids is 2. The van der Waals surface area contributed by atoms with Crippen molar-refractivity contribution < 1.29 is 18.0 Å². The first-order valence-corrected chi connectivity index (χ1v) is 15.6. The highest BCUT2D eigenvalue weighted by molar-refractivity contribution is 7.92. The van der Waals surface area contributed by atoms with E-state index in [0.717, 1.165) is 21.7 Å². The summed E-state index contributed by atoms with van der Waals surface area (Å²) in [6.07, 6.45) is 1.99. The Balaban J connectivity index is 2.09. The van der Waals surface area contributed by atoms with Gasteiger partial charge in [0.2, 0.25) is 21.8 Å². The highest BCUT2D eigenvalue weighted by Gasteiger charge is 2.33. The van der Waals surface area contributed by atoms with Crippen molar-refractivity contribution in [2.45, 2.75) is 52.2 Å². The largest absolute Gasteiger partial charge is 0.352 e. The molecule has 0 aliphatic heterocycles. The lowest BCUT2D eigenvalue weighted by molar-refractivity contribution is -0.140. The Morgan fingerprint density at radius 3 is 2.27 bits per heavy atom. The number of aryl methyl sites for hydroxylation is 1. The van der Waals surface area contributed by atoms with E-state index < -0.39 is 28.5 Å². The van der Waals surface area contributed by atoms with Crippen LogP contribution in [0.1, 0.15) is 37.0 Å². The van der Waals surface area contributed by atoms with Crippen LogP contribution in [0.3, 0.4) is 0 Å². The second kappa shape index (κ2) is 14.0. The van der Waals surface area contributed by atoms with Crippen LogP contribution in [-0.2, 0) is 32.6 Å². The van der Waals surface area contributed by atoms with E-state index in [1.54, 1.807) is 36.4 Å². The smallest absolute Gasteiger partial charge is 0.244 e. The molecule has 214 valence electrons. The number of sulfonamides is 1. The van der Waals surface area contributed by atoms with Gasteiger partial charge < -0.3 is 10.2 Å². The van der Waals surface area contributed by atoms with Crippen molar-refractivity contribution >= 4 is 50.7 Å². The average Bonchev–Trinajstić information content (AvgIpc) is 2.90. The van der Waals surface area contributed by atoms with Crippen LogP contribution in [0.2, 0.25) is 10.0 Å². The summed E-state index contributed by atoms with van der Waals surface area (Å²) in [5.41, 5.74) is 2.64. The molecule has 3 rings (SSSR count). The van der Waals surface area contributed by atoms with Crippen LogP contribution in [-0.4, -0.2) is 50.0 Å². The van der Waals surface area contributed by atoms with Gasteiger partial charge in [-0.2, -0.15) is 0 Å². The van der Waals surface area contributed by atoms with E-state index in [4.69, 9.17) is 23.2 Å². The molecule has 0 bridgehead atoms. The Hall–Kier alpha value is -3.07. The van der Waals surface area contributed by atoms with E-state index in [2.05, 4.69) is 5.32 Å². The molecule has 0 radical (unpaired) electrons. The van der Waals surface area contributed by atoms with Gasteiger partial charge in [0.1, 0.15) is 12.6 Å². The van der Waals surface area contributed by atoms with Gasteiger partial charge in [0.15, 0.2) is 0 Å². The van der Waals surface area contributed by atoms with Gasteiger partial charge in [-0.3, -0.25) is 13.9 Å². The van der Waals surface area contributed by atoms with Gasteiger partial charge in [-0.1, -0.05) is 78.7 Å². The number of carbonyl (C=O) groups is 2. The molecule has 0 aromatic heterocycles. The minimum Gasteiger partial charge on any atom is -0.352 e. The third-order valence-electron chi connectivity index (χ3n) is 6.60. The summed E-state index contributed by atoms with van der Waals surface area (Å²) in [5, 5.41) is 3.77. The van der Waals surface area contributed by atoms with Crippen molar-refractivity contribution in [1.29, 1.82) is 0 Å². The van der Waals surface area contributed by atoms with E-state index in [-0.39, 0.29) is 24.9 Å². The van der Waals surface area contributed by atoms with Gasteiger partial charge in [-0.15, -0.1) is 0 Å². The number of rotatable bonds is 12. The van der Waals surface area contributed by atoms with Gasteiger partial charge in [-0.25, -0.2) is 8.42 Å². The highest BCUT2D eigenvalue weighted by Crippen LogP contribution is 2.25. The van der Waals surface area contributed by atoms with Crippen LogP contribution in [0.25, 0.3) is 0 Å². The Labute approximate surface area is 247 Å². The molecule has 2 atom stereocenters. The Morgan fingerprint density at radius 1 is 0.975 bits per heavy atom. The van der Waals surface area contributed by atoms with Gasteiger partial charge in [-0.05, 0) is 61.2 Å². The van der Waals surface area contributed by atoms with Crippen molar-refractivity contribution in [2.75, 3.05) is 17.1 Å². The summed E-state index contributed by atoms with van der Waals surface area (Å²) in [5.74, 6) is -0.878. The molecule has 0 aliphatic rings. The lowest BCUT2D eigenvalue weighted by atomic mass is 10.0. The molecule has 7 nitrogen and oxygen atoms in total. The molecular weight excluding hydrogens is 569 g/mol. The lowest BCUT2D eigenvalue weighted by Crippen LogP contribution is -2.54. The first-order valence-electron chi connectivity index (χ1n) is 13.0. The summed E-state index contributed by atoms with van der Waals surface area (Å²) in [6.45, 7) is 5.18. The van der Waals surface area contributed by atoms with Crippen molar-refractivity contribution in [2.24, 2.45) is 0 Å². The molecule has 10 heteroatoms. The number of nitrogens with one attached hydrogen (secondary N) is 1. The predicted octanol–water partition coefficient (Wildman–Crippen LogP) is 5.62. The Bertz CT molecular complexity index is 1430. The molecular formula is C30H35Cl2N3O4S. The second-order valence-corrected chi connectivity index (χ2v) is 12.6. The third kappa shape index (κ3) is 8.71. The van der Waals surface area contributed by atoms with Gasteiger partial charge in [0, 0.05) is 29.1 Å². The molecule has 3 aromatic carbocycles. The number of amides is 2. The Morgan fingerprint density at radius 2 is 1.68 bits per heavy atom. The molecule has 0 unspecified atom stereocenters. The monoisotopic (exact) mass is 603 g/mol. The highest BCUT2D eigenvalue weighted by atomic mass is 35.5. The van der Waals surface area contributed by atoms with Crippen molar-refractivity contribution in [3.05, 3.63) is 99.5 Å². The van der Waals surface area contributed by atoms with Gasteiger partial charge in [0.05, 0.1) is 11.9 Å². The third-order valence-corrected chi connectivity index (χ3v) is 8.32. The van der Waals surface area contributed by atoms with E-state index in [9.17, 15) is 18.0 Å². The number of hydrogen-bond donors (Lipinski definition) is 1. The van der Waals surface area contributed by atoms with Crippen molar-refractivity contribution in [3.8, 4) is 0 Å². The molecule has 0 spiro atoms. The molecule has 0 fully saturated rings. The molecule has 40 heavy (non-hydrogen) atoms. The summed E-state index contributed by atoms with van der Waals surface area (Å²) in [4.78, 5) is 29.2. The van der Waals surface area contributed by atoms with E-state index in [1.165, 1.54) is 4.90 Å². The number of benzene rings is 3. The molecule has 0 saturated carbocycles. The van der Waals surface area contributed by atoms with Crippen LogP contribution >= 0.6 is 23.2 Å². The molecule has 0 saturated heterocycles. The maximum absolute atomic E-state index is 14.1. The van der Waals surface area contributed by atoms with Crippen molar-refractivity contribution in [3.63, 3.8) is 0 Å². The normalized spacial score (nSPS) is 12.8. The fourth-order valence-corrected chi connectivity index (χ4v) is 5.54. The summed E-state index contributed by atoms with van der Waals surface area (Å²) >= 11 is 12.6. The topological polar surface area (TPSA) is 86.8 Å². The number of halogens is 2. The molecule has 3 aromatic rings. The second-order valence-electron chi connectivity index (χ2n) is 9.89. The molecule has 0 aliphatic carbocycles. The standard InChI is InChI=1S/C30H35Cl2N3O4S/c1-5-22(3)33-30(37)28(17-23-11-7-6-8-12-23)34(19-24-14-15-25(31)18-27(24)32)29(36)20-35(40(4,38)39)26-13-9-10-21(2)16-26/h6-16,18,22,28H,5,17,19-20H2,1-4H3,(H,33,37)/t22-,28-/m0/s1. The van der Waals surface area contributed by atoms with Crippen LogP contribution in [0.15, 0.2) is 72.8 Å². The SMILES string of the molecule is CC[C@H](C)NC(=O)[C@H](Cc1ccccc1)N(Cc1ccc(Cl)cc1Cl)C(=O)CN(c1cccc(C)c1)S(C)(=O)=O. The maximum atomic E-state index is 14.1. The first kappa shape index (κ1) is 31.5. The van der Waals surface area contributed by atoms with Crippen molar-refractivity contribution in [1.82, 2.24) is 10.2 Å². The lowest BCUT2D eigenvalue weighted by Gasteiger charge is -2.34. The minimum absolute atomic E-state index is 0.0221. The summed E-state index contributed by atoms with van der Waals surface area (Å²) < 4.78 is 26.8. The maximum Gasteiger partial charge on any atom is 0.244 e. The molecule has 1 N–H and O–H groups in total. The fraction of sp³-hybridized carbons (Fsp3) is 0.333. The fourth-order valence-electron chi connectivity index (χ4n) is 4.23. The van der Waals surface area contributed by atoms with E-state index in [1.807, 2.05) is 57.2 Å². The van der Waals surface area contributed by atoms with Crippen LogP contribution < -0.4 is 9.62 Å². The average molecular weight is 605 g/mol. The minimum atomic E-state index is -3.84. The van der Waals surface area contributed by atoms with Gasteiger partial charge >= 0.3 is 0 Å². The van der Waals surface area contributed by atoms with E-state index in [0.29, 0.717) is 27.7 Å². The zero-order valence-electron chi connectivity index (χ0n) is 23.1. The zero-order valence-corrected chi connectivity index (χ0v) is 25.4. The quantitative estimate of drug-likeness (QED) is 0.291. The number of nitrogens with zero attached hydrogens (tertiary/aromatic N) is 2.